The van der Waals surface area contributed by atoms with Crippen molar-refractivity contribution in [3.63, 3.8) is 0 Å². The number of carbonyl (C=O) groups is 1. The predicted molar refractivity (Wildman–Crippen MR) is 105 cm³/mol. The molecule has 11 heteroatoms. The number of anilines is 1. The van der Waals surface area contributed by atoms with Crippen LogP contribution in [0.2, 0.25) is 0 Å². The number of fused-ring (bicyclic) bond motifs is 3. The summed E-state index contributed by atoms with van der Waals surface area (Å²) in [7, 11) is 0. The molecule has 8 nitrogen and oxygen atoms in total. The molecule has 3 aromatic rings. The van der Waals surface area contributed by atoms with E-state index in [4.69, 9.17) is 10.5 Å². The Bertz CT molecular complexity index is 1150. The fourth-order valence-electron chi connectivity index (χ4n) is 3.61. The number of hydrogen-bond acceptors (Lipinski definition) is 7. The minimum absolute atomic E-state index is 0.182. The van der Waals surface area contributed by atoms with E-state index in [-0.39, 0.29) is 17.3 Å². The summed E-state index contributed by atoms with van der Waals surface area (Å²) in [5, 5.41) is 7.65. The molecule has 0 aliphatic carbocycles. The average molecular weight is 432 g/mol. The summed E-state index contributed by atoms with van der Waals surface area (Å²) >= 11 is 0. The van der Waals surface area contributed by atoms with Gasteiger partial charge in [-0.2, -0.15) is 18.3 Å². The molecule has 1 aliphatic rings. The normalized spacial score (nSPS) is 14.5. The second-order valence-corrected chi connectivity index (χ2v) is 7.14. The zero-order valence-electron chi connectivity index (χ0n) is 16.8. The molecule has 2 N–H and O–H groups in total. The van der Waals surface area contributed by atoms with Gasteiger partial charge < -0.3 is 15.4 Å². The van der Waals surface area contributed by atoms with Crippen LogP contribution >= 0.6 is 0 Å². The number of alkyl halides is 3. The van der Waals surface area contributed by atoms with Crippen LogP contribution in [0.5, 0.6) is 0 Å². The maximum absolute atomic E-state index is 13.2. The molecule has 162 valence electrons. The van der Waals surface area contributed by atoms with E-state index in [0.717, 1.165) is 22.6 Å². The molecule has 1 atom stereocenters. The van der Waals surface area contributed by atoms with Crippen LogP contribution < -0.4 is 5.73 Å². The quantitative estimate of drug-likeness (QED) is 0.674. The zero-order valence-corrected chi connectivity index (χ0v) is 16.8. The SMILES string of the molecule is CCN(C(=O)c1cc2c3c(c(N)nc2cn1)COC3)[C@H](C)c1ccc(C(F)(F)F)nn1. The molecule has 4 heterocycles. The molecule has 0 radical (unpaired) electrons. The summed E-state index contributed by atoms with van der Waals surface area (Å²) in [5.41, 5.74) is 7.55. The lowest BCUT2D eigenvalue weighted by molar-refractivity contribution is -0.141. The van der Waals surface area contributed by atoms with Crippen LogP contribution in [-0.2, 0) is 24.1 Å². The number of nitrogens with zero attached hydrogens (tertiary/aromatic N) is 5. The minimum Gasteiger partial charge on any atom is -0.383 e. The van der Waals surface area contributed by atoms with Crippen molar-refractivity contribution in [1.82, 2.24) is 25.1 Å². The van der Waals surface area contributed by atoms with Gasteiger partial charge in [-0.05, 0) is 37.6 Å². The topological polar surface area (TPSA) is 107 Å². The van der Waals surface area contributed by atoms with Gasteiger partial charge in [-0.15, -0.1) is 5.10 Å². The van der Waals surface area contributed by atoms with Crippen LogP contribution in [0.15, 0.2) is 24.4 Å². The Morgan fingerprint density at radius 3 is 2.65 bits per heavy atom. The van der Waals surface area contributed by atoms with Crippen molar-refractivity contribution in [1.29, 1.82) is 0 Å². The highest BCUT2D eigenvalue weighted by molar-refractivity contribution is 5.97. The third-order valence-electron chi connectivity index (χ3n) is 5.31. The van der Waals surface area contributed by atoms with Crippen LogP contribution in [0.4, 0.5) is 19.0 Å². The van der Waals surface area contributed by atoms with Crippen molar-refractivity contribution in [3.05, 3.63) is 52.6 Å². The molecule has 0 spiro atoms. The van der Waals surface area contributed by atoms with Gasteiger partial charge in [0, 0.05) is 17.5 Å². The first-order chi connectivity index (χ1) is 14.7. The number of nitrogens with two attached hydrogens (primary N) is 1. The van der Waals surface area contributed by atoms with Crippen LogP contribution in [0.3, 0.4) is 0 Å². The molecule has 3 aromatic heterocycles. The number of pyridine rings is 2. The van der Waals surface area contributed by atoms with Crippen LogP contribution in [0.1, 0.15) is 52.9 Å². The number of aromatic nitrogens is 4. The summed E-state index contributed by atoms with van der Waals surface area (Å²) < 4.78 is 43.7. The Morgan fingerprint density at radius 1 is 1.26 bits per heavy atom. The Balaban J connectivity index is 1.65. The van der Waals surface area contributed by atoms with Crippen molar-refractivity contribution in [2.45, 2.75) is 39.3 Å². The fourth-order valence-corrected chi connectivity index (χ4v) is 3.61. The molecule has 0 unspecified atom stereocenters. The molecule has 0 saturated carbocycles. The van der Waals surface area contributed by atoms with Gasteiger partial charge in [0.05, 0.1) is 36.7 Å². The molecule has 4 rings (SSSR count). The van der Waals surface area contributed by atoms with E-state index in [0.29, 0.717) is 31.1 Å². The van der Waals surface area contributed by atoms with E-state index in [2.05, 4.69) is 20.2 Å². The molecule has 0 saturated heterocycles. The van der Waals surface area contributed by atoms with Gasteiger partial charge in [-0.3, -0.25) is 4.79 Å². The number of hydrogen-bond donors (Lipinski definition) is 1. The molecule has 0 aromatic carbocycles. The summed E-state index contributed by atoms with van der Waals surface area (Å²) in [4.78, 5) is 23.2. The standard InChI is InChI=1S/C20H19F3N6O2/c1-3-29(10(2)14-4-5-17(28-27-14)20(21,22)23)19(30)15-6-11-12-8-31-9-13(12)18(24)26-16(11)7-25-15/h4-7,10H,3,8-9H2,1-2H3,(H2,24,26)/t10-/m1/s1. The first-order valence-electron chi connectivity index (χ1n) is 9.57. The minimum atomic E-state index is -4.58. The second kappa shape index (κ2) is 7.73. The Hall–Kier alpha value is -3.34. The molecule has 1 aliphatic heterocycles. The highest BCUT2D eigenvalue weighted by Crippen LogP contribution is 2.32. The highest BCUT2D eigenvalue weighted by Gasteiger charge is 2.33. The Morgan fingerprint density at radius 2 is 2.00 bits per heavy atom. The first-order valence-corrected chi connectivity index (χ1v) is 9.57. The van der Waals surface area contributed by atoms with Crippen molar-refractivity contribution in [3.8, 4) is 0 Å². The first kappa shape index (κ1) is 20.9. The molecule has 0 bridgehead atoms. The van der Waals surface area contributed by atoms with E-state index in [1.165, 1.54) is 17.2 Å². The lowest BCUT2D eigenvalue weighted by atomic mass is 10.0. The number of carbonyl (C=O) groups excluding carboxylic acids is 1. The van der Waals surface area contributed by atoms with Crippen LogP contribution in [0, 0.1) is 0 Å². The number of halogens is 3. The van der Waals surface area contributed by atoms with Crippen LogP contribution in [0.25, 0.3) is 10.9 Å². The van der Waals surface area contributed by atoms with E-state index in [9.17, 15) is 18.0 Å². The average Bonchev–Trinajstić information content (AvgIpc) is 3.24. The molecule has 31 heavy (non-hydrogen) atoms. The summed E-state index contributed by atoms with van der Waals surface area (Å²) in [5.74, 6) is -0.00588. The third-order valence-corrected chi connectivity index (χ3v) is 5.31. The predicted octanol–water partition coefficient (Wildman–Crippen LogP) is 3.27. The molecule has 1 amide bonds. The number of ether oxygens (including phenoxy) is 1. The summed E-state index contributed by atoms with van der Waals surface area (Å²) in [6.07, 6.45) is -3.10. The smallest absolute Gasteiger partial charge is 0.383 e. The van der Waals surface area contributed by atoms with Gasteiger partial charge in [-0.25, -0.2) is 9.97 Å². The van der Waals surface area contributed by atoms with E-state index >= 15 is 0 Å². The number of rotatable bonds is 4. The van der Waals surface area contributed by atoms with E-state index in [1.807, 2.05) is 0 Å². The summed E-state index contributed by atoms with van der Waals surface area (Å²) in [6, 6.07) is 3.11. The third kappa shape index (κ3) is 3.76. The maximum Gasteiger partial charge on any atom is 0.435 e. The van der Waals surface area contributed by atoms with Crippen molar-refractivity contribution >= 4 is 22.6 Å². The summed E-state index contributed by atoms with van der Waals surface area (Å²) in [6.45, 7) is 4.46. The number of amides is 1. The molecular weight excluding hydrogens is 413 g/mol. The van der Waals surface area contributed by atoms with Crippen molar-refractivity contribution < 1.29 is 22.7 Å². The lowest BCUT2D eigenvalue weighted by Gasteiger charge is -2.27. The monoisotopic (exact) mass is 432 g/mol. The van der Waals surface area contributed by atoms with Crippen molar-refractivity contribution in [2.24, 2.45) is 0 Å². The van der Waals surface area contributed by atoms with Crippen molar-refractivity contribution in [2.75, 3.05) is 12.3 Å². The fraction of sp³-hybridized carbons (Fsp3) is 0.350. The van der Waals surface area contributed by atoms with Gasteiger partial charge in [0.2, 0.25) is 0 Å². The van der Waals surface area contributed by atoms with Gasteiger partial charge in [0.15, 0.2) is 5.69 Å². The Labute approximate surface area is 175 Å². The maximum atomic E-state index is 13.2. The van der Waals surface area contributed by atoms with E-state index in [1.54, 1.807) is 19.9 Å². The highest BCUT2D eigenvalue weighted by atomic mass is 19.4. The number of nitrogen functional groups attached to an aromatic ring is 1. The Kier molecular flexibility index (Phi) is 5.21. The zero-order chi connectivity index (χ0) is 22.3. The molecular formula is C20H19F3N6O2. The molecule has 0 fully saturated rings. The largest absolute Gasteiger partial charge is 0.435 e. The lowest BCUT2D eigenvalue weighted by Crippen LogP contribution is -2.34. The van der Waals surface area contributed by atoms with Gasteiger partial charge in [-0.1, -0.05) is 0 Å². The van der Waals surface area contributed by atoms with Crippen LogP contribution in [-0.4, -0.2) is 37.5 Å². The van der Waals surface area contributed by atoms with Gasteiger partial charge in [0.25, 0.3) is 5.91 Å². The van der Waals surface area contributed by atoms with Gasteiger partial charge in [0.1, 0.15) is 11.5 Å². The van der Waals surface area contributed by atoms with E-state index < -0.39 is 17.9 Å². The second-order valence-electron chi connectivity index (χ2n) is 7.14. The van der Waals surface area contributed by atoms with Gasteiger partial charge >= 0.3 is 6.18 Å².